The Kier molecular flexibility index (Phi) is 3.32. The number of nitrogens with zero attached hydrogens (tertiary/aromatic N) is 1. The van der Waals surface area contributed by atoms with E-state index in [1.54, 1.807) is 0 Å². The molecule has 0 aliphatic rings. The van der Waals surface area contributed by atoms with Gasteiger partial charge in [0.1, 0.15) is 0 Å². The normalized spacial score (nSPS) is 11.7. The van der Waals surface area contributed by atoms with Crippen LogP contribution in [-0.4, -0.2) is 4.98 Å². The standard InChI is InChI=1S/C11H16ClN/c1-4-11(3,5-2)10-9(12)7-6-8-13-10/h6-8H,4-5H2,1-3H3. The maximum atomic E-state index is 6.10. The Morgan fingerprint density at radius 3 is 2.46 bits per heavy atom. The van der Waals surface area contributed by atoms with Gasteiger partial charge in [-0.2, -0.15) is 0 Å². The van der Waals surface area contributed by atoms with E-state index in [0.29, 0.717) is 0 Å². The van der Waals surface area contributed by atoms with E-state index in [0.717, 1.165) is 23.6 Å². The van der Waals surface area contributed by atoms with Crippen molar-refractivity contribution in [2.24, 2.45) is 0 Å². The molecular weight excluding hydrogens is 182 g/mol. The zero-order valence-electron chi connectivity index (χ0n) is 8.47. The van der Waals surface area contributed by atoms with Gasteiger partial charge in [0.25, 0.3) is 0 Å². The lowest BCUT2D eigenvalue weighted by Crippen LogP contribution is -2.21. The second-order valence-corrected chi connectivity index (χ2v) is 4.01. The number of hydrogen-bond donors (Lipinski definition) is 0. The van der Waals surface area contributed by atoms with Crippen LogP contribution in [0.3, 0.4) is 0 Å². The molecule has 0 aliphatic carbocycles. The summed E-state index contributed by atoms with van der Waals surface area (Å²) in [6.07, 6.45) is 3.95. The highest BCUT2D eigenvalue weighted by molar-refractivity contribution is 6.31. The van der Waals surface area contributed by atoms with Crippen molar-refractivity contribution in [3.63, 3.8) is 0 Å². The summed E-state index contributed by atoms with van der Waals surface area (Å²) in [5.74, 6) is 0. The molecule has 0 aliphatic heterocycles. The fourth-order valence-electron chi connectivity index (χ4n) is 1.41. The summed E-state index contributed by atoms with van der Waals surface area (Å²) >= 11 is 6.10. The van der Waals surface area contributed by atoms with Crippen LogP contribution >= 0.6 is 11.6 Å². The minimum Gasteiger partial charge on any atom is -0.259 e. The monoisotopic (exact) mass is 197 g/mol. The van der Waals surface area contributed by atoms with Gasteiger partial charge in [0.15, 0.2) is 0 Å². The van der Waals surface area contributed by atoms with Crippen LogP contribution in [0.2, 0.25) is 5.02 Å². The number of pyridine rings is 1. The summed E-state index contributed by atoms with van der Waals surface area (Å²) in [6, 6.07) is 3.78. The van der Waals surface area contributed by atoms with Gasteiger partial charge in [-0.25, -0.2) is 0 Å². The van der Waals surface area contributed by atoms with Gasteiger partial charge in [0, 0.05) is 11.6 Å². The van der Waals surface area contributed by atoms with Crippen molar-refractivity contribution in [2.45, 2.75) is 39.0 Å². The van der Waals surface area contributed by atoms with Crippen molar-refractivity contribution in [1.29, 1.82) is 0 Å². The molecule has 0 spiro atoms. The van der Waals surface area contributed by atoms with E-state index >= 15 is 0 Å². The molecule has 0 saturated heterocycles. The van der Waals surface area contributed by atoms with Crippen LogP contribution in [0.25, 0.3) is 0 Å². The molecule has 13 heavy (non-hydrogen) atoms. The number of aromatic nitrogens is 1. The van der Waals surface area contributed by atoms with Crippen molar-refractivity contribution in [1.82, 2.24) is 4.98 Å². The molecule has 0 atom stereocenters. The van der Waals surface area contributed by atoms with Crippen LogP contribution in [0, 0.1) is 0 Å². The lowest BCUT2D eigenvalue weighted by atomic mass is 9.81. The van der Waals surface area contributed by atoms with Crippen LogP contribution in [-0.2, 0) is 5.41 Å². The van der Waals surface area contributed by atoms with Crippen LogP contribution in [0.1, 0.15) is 39.3 Å². The van der Waals surface area contributed by atoms with Crippen molar-refractivity contribution < 1.29 is 0 Å². The summed E-state index contributed by atoms with van der Waals surface area (Å²) in [5.41, 5.74) is 1.15. The molecule has 1 heterocycles. The molecule has 1 nitrogen and oxygen atoms in total. The Bertz CT molecular complexity index is 279. The van der Waals surface area contributed by atoms with E-state index in [1.165, 1.54) is 0 Å². The van der Waals surface area contributed by atoms with Gasteiger partial charge in [0.2, 0.25) is 0 Å². The third kappa shape index (κ3) is 2.02. The maximum absolute atomic E-state index is 6.10. The van der Waals surface area contributed by atoms with E-state index in [2.05, 4.69) is 25.8 Å². The molecule has 0 unspecified atom stereocenters. The minimum atomic E-state index is 0.123. The second kappa shape index (κ2) is 4.10. The highest BCUT2D eigenvalue weighted by Gasteiger charge is 2.25. The molecule has 0 N–H and O–H groups in total. The topological polar surface area (TPSA) is 12.9 Å². The van der Waals surface area contributed by atoms with Gasteiger partial charge in [-0.1, -0.05) is 32.4 Å². The predicted octanol–water partition coefficient (Wildman–Crippen LogP) is 3.81. The van der Waals surface area contributed by atoms with E-state index in [-0.39, 0.29) is 5.41 Å². The van der Waals surface area contributed by atoms with E-state index in [1.807, 2.05) is 18.3 Å². The minimum absolute atomic E-state index is 0.123. The zero-order chi connectivity index (χ0) is 9.90. The van der Waals surface area contributed by atoms with Crippen LogP contribution in [0.4, 0.5) is 0 Å². The van der Waals surface area contributed by atoms with Crippen molar-refractivity contribution in [2.75, 3.05) is 0 Å². The quantitative estimate of drug-likeness (QED) is 0.718. The molecule has 0 radical (unpaired) electrons. The summed E-state index contributed by atoms with van der Waals surface area (Å²) in [6.45, 7) is 6.56. The zero-order valence-corrected chi connectivity index (χ0v) is 9.23. The first-order valence-electron chi connectivity index (χ1n) is 4.75. The average molecular weight is 198 g/mol. The molecule has 0 bridgehead atoms. The Morgan fingerprint density at radius 1 is 1.38 bits per heavy atom. The third-order valence-electron chi connectivity index (χ3n) is 2.89. The highest BCUT2D eigenvalue weighted by Crippen LogP contribution is 2.33. The average Bonchev–Trinajstić information content (AvgIpc) is 2.17. The van der Waals surface area contributed by atoms with E-state index in [9.17, 15) is 0 Å². The molecule has 1 aromatic heterocycles. The fraction of sp³-hybridized carbons (Fsp3) is 0.545. The molecular formula is C11H16ClN. The SMILES string of the molecule is CCC(C)(CC)c1ncccc1Cl. The van der Waals surface area contributed by atoms with Gasteiger partial charge in [0.05, 0.1) is 10.7 Å². The Morgan fingerprint density at radius 2 is 2.00 bits per heavy atom. The first-order valence-corrected chi connectivity index (χ1v) is 5.13. The van der Waals surface area contributed by atoms with Crippen LogP contribution in [0.5, 0.6) is 0 Å². The van der Waals surface area contributed by atoms with Crippen molar-refractivity contribution in [3.8, 4) is 0 Å². The first kappa shape index (κ1) is 10.5. The first-order chi connectivity index (χ1) is 6.14. The van der Waals surface area contributed by atoms with E-state index in [4.69, 9.17) is 11.6 Å². The molecule has 72 valence electrons. The third-order valence-corrected chi connectivity index (χ3v) is 3.20. The molecule has 0 fully saturated rings. The van der Waals surface area contributed by atoms with Gasteiger partial charge in [-0.05, 0) is 25.0 Å². The Balaban J connectivity index is 3.12. The molecule has 0 aromatic carbocycles. The maximum Gasteiger partial charge on any atom is 0.0648 e. The molecule has 0 amide bonds. The highest BCUT2D eigenvalue weighted by atomic mass is 35.5. The Labute approximate surface area is 85.1 Å². The lowest BCUT2D eigenvalue weighted by Gasteiger charge is -2.26. The smallest absolute Gasteiger partial charge is 0.0648 e. The van der Waals surface area contributed by atoms with Gasteiger partial charge < -0.3 is 0 Å². The van der Waals surface area contributed by atoms with Crippen LogP contribution < -0.4 is 0 Å². The fourth-order valence-corrected chi connectivity index (χ4v) is 1.76. The van der Waals surface area contributed by atoms with Gasteiger partial charge in [-0.3, -0.25) is 4.98 Å². The predicted molar refractivity (Wildman–Crippen MR) is 57.2 cm³/mol. The number of hydrogen-bond acceptors (Lipinski definition) is 1. The largest absolute Gasteiger partial charge is 0.259 e. The lowest BCUT2D eigenvalue weighted by molar-refractivity contribution is 0.426. The van der Waals surface area contributed by atoms with Gasteiger partial charge in [-0.15, -0.1) is 0 Å². The second-order valence-electron chi connectivity index (χ2n) is 3.60. The summed E-state index contributed by atoms with van der Waals surface area (Å²) in [5, 5.41) is 0.786. The summed E-state index contributed by atoms with van der Waals surface area (Å²) in [7, 11) is 0. The number of rotatable bonds is 3. The molecule has 1 aromatic rings. The Hall–Kier alpha value is -0.560. The van der Waals surface area contributed by atoms with Gasteiger partial charge >= 0.3 is 0 Å². The molecule has 2 heteroatoms. The van der Waals surface area contributed by atoms with Crippen LogP contribution in [0.15, 0.2) is 18.3 Å². The van der Waals surface area contributed by atoms with Crippen molar-refractivity contribution >= 4 is 11.6 Å². The molecule has 1 rings (SSSR count). The summed E-state index contributed by atoms with van der Waals surface area (Å²) < 4.78 is 0. The van der Waals surface area contributed by atoms with Crippen molar-refractivity contribution in [3.05, 3.63) is 29.0 Å². The summed E-state index contributed by atoms with van der Waals surface area (Å²) in [4.78, 5) is 4.36. The number of halogens is 1. The molecule has 0 saturated carbocycles. The van der Waals surface area contributed by atoms with E-state index < -0.39 is 0 Å².